The van der Waals surface area contributed by atoms with Crippen molar-refractivity contribution in [3.05, 3.63) is 78.1 Å². The molecule has 0 saturated heterocycles. The number of aromatic carboxylic acids is 1. The van der Waals surface area contributed by atoms with Crippen LogP contribution in [0.3, 0.4) is 0 Å². The minimum Gasteiger partial charge on any atom is -0.493 e. The third-order valence-electron chi connectivity index (χ3n) is 5.52. The lowest BCUT2D eigenvalue weighted by Crippen LogP contribution is -2.18. The summed E-state index contributed by atoms with van der Waals surface area (Å²) in [6.07, 6.45) is 8.21. The van der Waals surface area contributed by atoms with Crippen molar-refractivity contribution in [2.45, 2.75) is 38.3 Å². The molecule has 0 aliphatic heterocycles. The van der Waals surface area contributed by atoms with Crippen molar-refractivity contribution in [1.29, 1.82) is 0 Å². The molecule has 6 heteroatoms. The lowest BCUT2D eigenvalue weighted by molar-refractivity contribution is 0.0697. The van der Waals surface area contributed by atoms with E-state index in [1.54, 1.807) is 31.5 Å². The van der Waals surface area contributed by atoms with Crippen LogP contribution in [0.15, 0.2) is 67.0 Å². The summed E-state index contributed by atoms with van der Waals surface area (Å²) < 4.78 is 11.8. The second kappa shape index (κ2) is 9.51. The fraction of sp³-hybridized carbons (Fsp3) is 0.280. The first-order valence-corrected chi connectivity index (χ1v) is 10.5. The van der Waals surface area contributed by atoms with Crippen molar-refractivity contribution in [3.8, 4) is 11.5 Å². The van der Waals surface area contributed by atoms with Gasteiger partial charge in [-0.15, -0.1) is 0 Å². The van der Waals surface area contributed by atoms with Gasteiger partial charge in [-0.2, -0.15) is 0 Å². The Labute approximate surface area is 182 Å². The Bertz CT molecular complexity index is 1030. The largest absolute Gasteiger partial charge is 0.493 e. The molecular weight excluding hydrogens is 392 g/mol. The zero-order chi connectivity index (χ0) is 21.6. The van der Waals surface area contributed by atoms with E-state index in [2.05, 4.69) is 9.88 Å². The second-order valence-electron chi connectivity index (χ2n) is 7.66. The summed E-state index contributed by atoms with van der Waals surface area (Å²) in [6, 6.07) is 16.7. The molecule has 1 saturated carbocycles. The Balaban J connectivity index is 1.73. The number of benzene rings is 2. The van der Waals surface area contributed by atoms with E-state index in [-0.39, 0.29) is 11.7 Å². The lowest BCUT2D eigenvalue weighted by atomic mass is 10.1. The molecule has 160 valence electrons. The van der Waals surface area contributed by atoms with Crippen LogP contribution in [0.1, 0.15) is 41.6 Å². The predicted octanol–water partition coefficient (Wildman–Crippen LogP) is 5.45. The van der Waals surface area contributed by atoms with Crippen molar-refractivity contribution >= 4 is 17.3 Å². The first-order chi connectivity index (χ1) is 15.1. The smallest absolute Gasteiger partial charge is 0.335 e. The van der Waals surface area contributed by atoms with Crippen LogP contribution in [0.4, 0.5) is 11.4 Å². The van der Waals surface area contributed by atoms with Crippen LogP contribution >= 0.6 is 0 Å². The van der Waals surface area contributed by atoms with Gasteiger partial charge in [-0.3, -0.25) is 4.98 Å². The number of rotatable bonds is 8. The van der Waals surface area contributed by atoms with E-state index in [0.717, 1.165) is 29.8 Å². The van der Waals surface area contributed by atoms with Crippen LogP contribution in [-0.2, 0) is 6.54 Å². The summed E-state index contributed by atoms with van der Waals surface area (Å²) in [5, 5.41) is 9.46. The van der Waals surface area contributed by atoms with Crippen molar-refractivity contribution < 1.29 is 19.4 Å². The number of hydrogen-bond donors (Lipinski definition) is 1. The van der Waals surface area contributed by atoms with Crippen LogP contribution in [0, 0.1) is 0 Å². The number of aromatic nitrogens is 1. The molecule has 0 radical (unpaired) electrons. The van der Waals surface area contributed by atoms with Crippen molar-refractivity contribution in [3.63, 3.8) is 0 Å². The highest BCUT2D eigenvalue weighted by Gasteiger charge is 2.20. The zero-order valence-corrected chi connectivity index (χ0v) is 17.5. The minimum absolute atomic E-state index is 0.200. The molecule has 1 aromatic heterocycles. The van der Waals surface area contributed by atoms with Gasteiger partial charge in [-0.25, -0.2) is 4.79 Å². The summed E-state index contributed by atoms with van der Waals surface area (Å²) in [7, 11) is 1.64. The van der Waals surface area contributed by atoms with E-state index in [0.29, 0.717) is 18.0 Å². The third kappa shape index (κ3) is 4.97. The lowest BCUT2D eigenvalue weighted by Gasteiger charge is -2.27. The van der Waals surface area contributed by atoms with Gasteiger partial charge in [0.15, 0.2) is 11.5 Å². The predicted molar refractivity (Wildman–Crippen MR) is 119 cm³/mol. The first kappa shape index (κ1) is 20.7. The maximum atomic E-state index is 11.5. The zero-order valence-electron chi connectivity index (χ0n) is 17.5. The van der Waals surface area contributed by atoms with Gasteiger partial charge in [0.05, 0.1) is 18.8 Å². The molecule has 1 heterocycles. The van der Waals surface area contributed by atoms with Crippen molar-refractivity contribution in [1.82, 2.24) is 4.98 Å². The van der Waals surface area contributed by atoms with Gasteiger partial charge in [0, 0.05) is 36.4 Å². The van der Waals surface area contributed by atoms with Crippen molar-refractivity contribution in [2.24, 2.45) is 0 Å². The monoisotopic (exact) mass is 418 g/mol. The maximum Gasteiger partial charge on any atom is 0.335 e. The van der Waals surface area contributed by atoms with E-state index in [1.165, 1.54) is 12.8 Å². The highest BCUT2D eigenvalue weighted by Crippen LogP contribution is 2.38. The molecule has 4 rings (SSSR count). The Kier molecular flexibility index (Phi) is 6.36. The minimum atomic E-state index is -0.955. The molecule has 0 spiro atoms. The van der Waals surface area contributed by atoms with E-state index in [1.807, 2.05) is 42.6 Å². The topological polar surface area (TPSA) is 71.9 Å². The van der Waals surface area contributed by atoms with Gasteiger partial charge in [0.25, 0.3) is 0 Å². The van der Waals surface area contributed by atoms with E-state index in [4.69, 9.17) is 9.47 Å². The Morgan fingerprint density at radius 3 is 2.58 bits per heavy atom. The summed E-state index contributed by atoms with van der Waals surface area (Å²) in [6.45, 7) is 0.534. The molecular formula is C25H26N2O4. The molecule has 31 heavy (non-hydrogen) atoms. The standard InChI is InChI=1S/C25H26N2O4/c1-30-23-12-11-21(15-24(23)31-22-9-2-3-10-22)27(17-18-6-5-13-26-16-18)20-8-4-7-19(14-20)25(28)29/h4-8,11-16,22H,2-3,9-10,17H2,1H3,(H,28,29). The molecule has 6 nitrogen and oxygen atoms in total. The fourth-order valence-corrected chi connectivity index (χ4v) is 3.92. The van der Waals surface area contributed by atoms with Gasteiger partial charge < -0.3 is 19.5 Å². The van der Waals surface area contributed by atoms with Crippen LogP contribution in [-0.4, -0.2) is 29.3 Å². The maximum absolute atomic E-state index is 11.5. The van der Waals surface area contributed by atoms with E-state index >= 15 is 0 Å². The average Bonchev–Trinajstić information content (AvgIpc) is 3.31. The quantitative estimate of drug-likeness (QED) is 0.525. The Hall–Kier alpha value is -3.54. The van der Waals surface area contributed by atoms with Gasteiger partial charge >= 0.3 is 5.97 Å². The number of carbonyl (C=O) groups is 1. The molecule has 1 N–H and O–H groups in total. The highest BCUT2D eigenvalue weighted by molar-refractivity contribution is 5.89. The van der Waals surface area contributed by atoms with Gasteiger partial charge in [0.1, 0.15) is 0 Å². The number of carboxylic acids is 1. The first-order valence-electron chi connectivity index (χ1n) is 10.5. The molecule has 1 fully saturated rings. The number of pyridine rings is 1. The van der Waals surface area contributed by atoms with E-state index in [9.17, 15) is 9.90 Å². The third-order valence-corrected chi connectivity index (χ3v) is 5.52. The summed E-state index contributed by atoms with van der Waals surface area (Å²) in [5.41, 5.74) is 2.92. The van der Waals surface area contributed by atoms with Gasteiger partial charge in [0.2, 0.25) is 0 Å². The number of nitrogens with zero attached hydrogens (tertiary/aromatic N) is 2. The molecule has 1 aliphatic carbocycles. The van der Waals surface area contributed by atoms with Crippen LogP contribution in [0.25, 0.3) is 0 Å². The SMILES string of the molecule is COc1ccc(N(Cc2cccnc2)c2cccc(C(=O)O)c2)cc1OC1CCCC1. The normalized spacial score (nSPS) is 13.7. The molecule has 0 bridgehead atoms. The molecule has 2 aromatic carbocycles. The molecule has 3 aromatic rings. The number of hydrogen-bond acceptors (Lipinski definition) is 5. The number of methoxy groups -OCH3 is 1. The second-order valence-corrected chi connectivity index (χ2v) is 7.66. The molecule has 0 unspecified atom stereocenters. The van der Waals surface area contributed by atoms with Crippen LogP contribution in [0.5, 0.6) is 11.5 Å². The molecule has 0 atom stereocenters. The molecule has 0 amide bonds. The fourth-order valence-electron chi connectivity index (χ4n) is 3.92. The average molecular weight is 418 g/mol. The Morgan fingerprint density at radius 1 is 1.06 bits per heavy atom. The summed E-state index contributed by atoms with van der Waals surface area (Å²) in [4.78, 5) is 17.8. The van der Waals surface area contributed by atoms with E-state index < -0.39 is 5.97 Å². The van der Waals surface area contributed by atoms with Gasteiger partial charge in [-0.05, 0) is 67.6 Å². The number of carboxylic acid groups (broad SMARTS) is 1. The highest BCUT2D eigenvalue weighted by atomic mass is 16.5. The summed E-state index contributed by atoms with van der Waals surface area (Å²) in [5.74, 6) is 0.442. The summed E-state index contributed by atoms with van der Waals surface area (Å²) >= 11 is 0. The van der Waals surface area contributed by atoms with Crippen LogP contribution in [0.2, 0.25) is 0 Å². The Morgan fingerprint density at radius 2 is 1.87 bits per heavy atom. The number of anilines is 2. The van der Waals surface area contributed by atoms with Gasteiger partial charge in [-0.1, -0.05) is 12.1 Å². The molecule has 1 aliphatic rings. The van der Waals surface area contributed by atoms with Crippen molar-refractivity contribution in [2.75, 3.05) is 12.0 Å². The van der Waals surface area contributed by atoms with Crippen LogP contribution < -0.4 is 14.4 Å². The number of ether oxygens (including phenoxy) is 2.